The molecule has 0 aliphatic carbocycles. The second-order valence-electron chi connectivity index (χ2n) is 6.94. The fourth-order valence-electron chi connectivity index (χ4n) is 2.71. The molecular formula is C20H28ClN9O2. The zero-order valence-corrected chi connectivity index (χ0v) is 18.6. The number of carbonyl (C=O) groups excluding carboxylic acids is 2. The molecule has 9 N–H and O–H groups in total. The molecule has 0 atom stereocenters. The fraction of sp³-hybridized carbons (Fsp3) is 0.350. The van der Waals surface area contributed by atoms with Crippen molar-refractivity contribution < 1.29 is 9.59 Å². The quantitative estimate of drug-likeness (QED) is 0.201. The number of aliphatic imine (C=N–C) groups is 1. The number of aromatic nitrogens is 2. The number of amides is 2. The van der Waals surface area contributed by atoms with Gasteiger partial charge in [0.25, 0.3) is 11.8 Å². The van der Waals surface area contributed by atoms with Crippen molar-refractivity contribution in [2.24, 2.45) is 16.5 Å². The van der Waals surface area contributed by atoms with Crippen LogP contribution in [0.5, 0.6) is 0 Å². The van der Waals surface area contributed by atoms with E-state index in [-0.39, 0.29) is 34.3 Å². The van der Waals surface area contributed by atoms with Crippen molar-refractivity contribution in [3.05, 3.63) is 46.2 Å². The summed E-state index contributed by atoms with van der Waals surface area (Å²) < 4.78 is 0. The number of nitrogen functional groups attached to an aromatic ring is 2. The maximum Gasteiger partial charge on any atom is 0.282 e. The Morgan fingerprint density at radius 1 is 1.12 bits per heavy atom. The standard InChI is InChI=1S/C20H28ClN9O2/c1-30(19(32)14-16(23)29-17(24)15(21)28-14)20(25)27-10-3-2-4-12-5-7-13(8-6-12)18(31)26-11-9-22/h5-8H,2-4,9-11,22H2,1H3,(H2,25,27)(H,26,31)(H4,23,24,29). The number of guanidine groups is 1. The summed E-state index contributed by atoms with van der Waals surface area (Å²) in [5.74, 6) is -0.904. The molecule has 0 fully saturated rings. The Morgan fingerprint density at radius 3 is 2.47 bits per heavy atom. The number of anilines is 2. The highest BCUT2D eigenvalue weighted by atomic mass is 35.5. The molecule has 0 aliphatic rings. The number of aryl methyl sites for hydroxylation is 1. The van der Waals surface area contributed by atoms with E-state index in [2.05, 4.69) is 20.3 Å². The predicted molar refractivity (Wildman–Crippen MR) is 125 cm³/mol. The molecule has 2 amide bonds. The minimum absolute atomic E-state index is 0.0250. The number of nitrogens with two attached hydrogens (primary N) is 4. The van der Waals surface area contributed by atoms with Crippen LogP contribution >= 0.6 is 11.6 Å². The summed E-state index contributed by atoms with van der Waals surface area (Å²) in [5.41, 5.74) is 24.1. The van der Waals surface area contributed by atoms with Crippen LogP contribution in [0.1, 0.15) is 39.3 Å². The van der Waals surface area contributed by atoms with Gasteiger partial charge in [-0.2, -0.15) is 0 Å². The lowest BCUT2D eigenvalue weighted by atomic mass is 10.1. The van der Waals surface area contributed by atoms with E-state index in [1.165, 1.54) is 7.05 Å². The van der Waals surface area contributed by atoms with Gasteiger partial charge in [-0.25, -0.2) is 9.97 Å². The first kappa shape index (κ1) is 24.8. The lowest BCUT2D eigenvalue weighted by Crippen LogP contribution is -2.40. The lowest BCUT2D eigenvalue weighted by molar-refractivity contribution is 0.0864. The number of benzene rings is 1. The zero-order valence-electron chi connectivity index (χ0n) is 17.8. The van der Waals surface area contributed by atoms with E-state index in [0.717, 1.165) is 29.7 Å². The molecule has 172 valence electrons. The summed E-state index contributed by atoms with van der Waals surface area (Å²) in [4.78, 5) is 37.4. The van der Waals surface area contributed by atoms with Gasteiger partial charge in [0.2, 0.25) is 0 Å². The highest BCUT2D eigenvalue weighted by Crippen LogP contribution is 2.18. The van der Waals surface area contributed by atoms with E-state index in [1.807, 2.05) is 12.1 Å². The van der Waals surface area contributed by atoms with Crippen molar-refractivity contribution in [1.82, 2.24) is 20.2 Å². The molecule has 0 aliphatic heterocycles. The van der Waals surface area contributed by atoms with Crippen LogP contribution in [0.25, 0.3) is 0 Å². The highest BCUT2D eigenvalue weighted by molar-refractivity contribution is 6.31. The second kappa shape index (κ2) is 11.8. The molecule has 0 spiro atoms. The van der Waals surface area contributed by atoms with Gasteiger partial charge in [0.05, 0.1) is 0 Å². The summed E-state index contributed by atoms with van der Waals surface area (Å²) in [6.45, 7) is 1.28. The van der Waals surface area contributed by atoms with E-state index in [9.17, 15) is 9.59 Å². The topological polar surface area (TPSA) is 192 Å². The van der Waals surface area contributed by atoms with E-state index >= 15 is 0 Å². The van der Waals surface area contributed by atoms with Crippen molar-refractivity contribution in [3.8, 4) is 0 Å². The Kier molecular flexibility index (Phi) is 9.17. The molecule has 12 heteroatoms. The SMILES string of the molecule is CN(C(=O)c1nc(Cl)c(N)nc1N)C(N)=NCCCCc1ccc(C(=O)NCCN)cc1. The zero-order chi connectivity index (χ0) is 23.7. The summed E-state index contributed by atoms with van der Waals surface area (Å²) in [6.07, 6.45) is 2.45. The van der Waals surface area contributed by atoms with Crippen LogP contribution in [0.15, 0.2) is 29.3 Å². The Balaban J connectivity index is 1.82. The number of carbonyl (C=O) groups is 2. The van der Waals surface area contributed by atoms with Crippen LogP contribution in [0.4, 0.5) is 11.6 Å². The maximum atomic E-state index is 12.5. The van der Waals surface area contributed by atoms with Gasteiger partial charge in [0, 0.05) is 32.2 Å². The first-order valence-corrected chi connectivity index (χ1v) is 10.4. The van der Waals surface area contributed by atoms with Gasteiger partial charge in [-0.05, 0) is 37.0 Å². The third kappa shape index (κ3) is 6.79. The number of unbranched alkanes of at least 4 members (excludes halogenated alkanes) is 1. The summed E-state index contributed by atoms with van der Waals surface area (Å²) in [6, 6.07) is 7.42. The molecular weight excluding hydrogens is 434 g/mol. The van der Waals surface area contributed by atoms with E-state index in [0.29, 0.717) is 25.2 Å². The average molecular weight is 462 g/mol. The van der Waals surface area contributed by atoms with E-state index < -0.39 is 5.91 Å². The molecule has 0 unspecified atom stereocenters. The molecule has 0 radical (unpaired) electrons. The lowest BCUT2D eigenvalue weighted by Gasteiger charge is -2.16. The molecule has 2 rings (SSSR count). The van der Waals surface area contributed by atoms with Crippen molar-refractivity contribution in [1.29, 1.82) is 0 Å². The van der Waals surface area contributed by atoms with E-state index in [1.54, 1.807) is 12.1 Å². The molecule has 1 aromatic heterocycles. The Morgan fingerprint density at radius 2 is 1.81 bits per heavy atom. The number of nitrogens with zero attached hydrogens (tertiary/aromatic N) is 4. The maximum absolute atomic E-state index is 12.5. The Labute approximate surface area is 191 Å². The number of hydrogen-bond acceptors (Lipinski definition) is 8. The Bertz CT molecular complexity index is 980. The molecule has 1 heterocycles. The average Bonchev–Trinajstić information content (AvgIpc) is 2.78. The smallest absolute Gasteiger partial charge is 0.282 e. The van der Waals surface area contributed by atoms with Gasteiger partial charge in [-0.1, -0.05) is 23.7 Å². The molecule has 11 nitrogen and oxygen atoms in total. The van der Waals surface area contributed by atoms with Crippen LogP contribution in [-0.4, -0.2) is 59.3 Å². The summed E-state index contributed by atoms with van der Waals surface area (Å²) in [5, 5.41) is 2.61. The molecule has 0 bridgehead atoms. The van der Waals surface area contributed by atoms with Gasteiger partial charge in [-0.15, -0.1) is 0 Å². The molecule has 0 saturated carbocycles. The monoisotopic (exact) mass is 461 g/mol. The Hall–Kier alpha value is -3.44. The predicted octanol–water partition coefficient (Wildman–Crippen LogP) is 0.393. The van der Waals surface area contributed by atoms with Crippen LogP contribution in [0, 0.1) is 0 Å². The van der Waals surface area contributed by atoms with Crippen molar-refractivity contribution in [2.75, 3.05) is 38.1 Å². The number of hydrogen-bond donors (Lipinski definition) is 5. The normalized spacial score (nSPS) is 11.3. The summed E-state index contributed by atoms with van der Waals surface area (Å²) in [7, 11) is 1.46. The molecule has 1 aromatic carbocycles. The van der Waals surface area contributed by atoms with Gasteiger partial charge in [0.1, 0.15) is 0 Å². The van der Waals surface area contributed by atoms with Gasteiger partial charge in [-0.3, -0.25) is 19.5 Å². The molecule has 0 saturated heterocycles. The van der Waals surface area contributed by atoms with Crippen LogP contribution in [0.3, 0.4) is 0 Å². The van der Waals surface area contributed by atoms with Crippen LogP contribution in [-0.2, 0) is 6.42 Å². The third-order valence-electron chi connectivity index (χ3n) is 4.55. The number of rotatable bonds is 9. The van der Waals surface area contributed by atoms with Gasteiger partial charge < -0.3 is 28.3 Å². The van der Waals surface area contributed by atoms with Crippen molar-refractivity contribution in [3.63, 3.8) is 0 Å². The third-order valence-corrected chi connectivity index (χ3v) is 4.83. The second-order valence-corrected chi connectivity index (χ2v) is 7.29. The molecule has 32 heavy (non-hydrogen) atoms. The van der Waals surface area contributed by atoms with E-state index in [4.69, 9.17) is 34.5 Å². The summed E-state index contributed by atoms with van der Waals surface area (Å²) >= 11 is 5.82. The number of halogens is 1. The largest absolute Gasteiger partial charge is 0.382 e. The highest BCUT2D eigenvalue weighted by Gasteiger charge is 2.21. The minimum Gasteiger partial charge on any atom is -0.382 e. The van der Waals surface area contributed by atoms with Crippen LogP contribution < -0.4 is 28.3 Å². The fourth-order valence-corrected chi connectivity index (χ4v) is 2.84. The first-order valence-electron chi connectivity index (χ1n) is 9.98. The van der Waals surface area contributed by atoms with Crippen molar-refractivity contribution in [2.45, 2.75) is 19.3 Å². The van der Waals surface area contributed by atoms with Crippen molar-refractivity contribution >= 4 is 41.0 Å². The van der Waals surface area contributed by atoms with Gasteiger partial charge >= 0.3 is 0 Å². The minimum atomic E-state index is -0.589. The first-order chi connectivity index (χ1) is 15.2. The molecule has 2 aromatic rings. The van der Waals surface area contributed by atoms with Crippen LogP contribution in [0.2, 0.25) is 5.15 Å². The van der Waals surface area contributed by atoms with Gasteiger partial charge in [0.15, 0.2) is 28.4 Å². The number of nitrogens with one attached hydrogen (secondary N) is 1.